The molecule has 0 unspecified atom stereocenters. The molecular formula is C20H21N7O. The van der Waals surface area contributed by atoms with E-state index < -0.39 is 0 Å². The molecule has 0 aliphatic rings. The molecule has 0 radical (unpaired) electrons. The molecule has 3 heterocycles. The first kappa shape index (κ1) is 17.7. The highest BCUT2D eigenvalue weighted by atomic mass is 16.2. The van der Waals surface area contributed by atoms with E-state index >= 15 is 0 Å². The molecule has 0 fully saturated rings. The molecule has 0 spiro atoms. The van der Waals surface area contributed by atoms with Gasteiger partial charge < -0.3 is 5.32 Å². The first-order valence-corrected chi connectivity index (χ1v) is 8.97. The van der Waals surface area contributed by atoms with Crippen LogP contribution >= 0.6 is 0 Å². The van der Waals surface area contributed by atoms with E-state index in [0.29, 0.717) is 12.4 Å². The highest BCUT2D eigenvalue weighted by molar-refractivity contribution is 5.89. The molecule has 0 saturated heterocycles. The number of anilines is 1. The molecule has 4 aromatic rings. The highest BCUT2D eigenvalue weighted by Crippen LogP contribution is 2.18. The van der Waals surface area contributed by atoms with E-state index in [-0.39, 0.29) is 12.5 Å². The second-order valence-electron chi connectivity index (χ2n) is 6.65. The molecule has 142 valence electrons. The normalized spacial score (nSPS) is 10.9. The summed E-state index contributed by atoms with van der Waals surface area (Å²) in [6, 6.07) is 13.8. The first-order chi connectivity index (χ1) is 13.6. The molecule has 1 amide bonds. The van der Waals surface area contributed by atoms with Crippen molar-refractivity contribution >= 4 is 11.7 Å². The fourth-order valence-electron chi connectivity index (χ4n) is 3.08. The van der Waals surface area contributed by atoms with Crippen molar-refractivity contribution in [1.82, 2.24) is 29.3 Å². The van der Waals surface area contributed by atoms with Crippen LogP contribution < -0.4 is 5.32 Å². The van der Waals surface area contributed by atoms with Gasteiger partial charge in [0.15, 0.2) is 5.82 Å². The number of nitrogens with zero attached hydrogens (tertiary/aromatic N) is 6. The van der Waals surface area contributed by atoms with Gasteiger partial charge in [-0.05, 0) is 18.6 Å². The van der Waals surface area contributed by atoms with Crippen LogP contribution in [0.2, 0.25) is 0 Å². The summed E-state index contributed by atoms with van der Waals surface area (Å²) in [5, 5.41) is 15.8. The SMILES string of the molecule is Cc1cc(-c2cnn(CC(=O)Nc3ccn(Cc4ccccc4)n3)c2)n(C)n1. The molecule has 0 saturated carbocycles. The van der Waals surface area contributed by atoms with Gasteiger partial charge in [0.05, 0.1) is 24.1 Å². The molecule has 3 aromatic heterocycles. The monoisotopic (exact) mass is 375 g/mol. The van der Waals surface area contributed by atoms with Gasteiger partial charge in [0, 0.05) is 31.1 Å². The predicted octanol–water partition coefficient (Wildman–Crippen LogP) is 2.48. The van der Waals surface area contributed by atoms with Crippen LogP contribution in [-0.4, -0.2) is 35.2 Å². The van der Waals surface area contributed by atoms with Crippen molar-refractivity contribution in [3.8, 4) is 11.3 Å². The molecule has 0 bridgehead atoms. The summed E-state index contributed by atoms with van der Waals surface area (Å²) in [6.45, 7) is 2.71. The van der Waals surface area contributed by atoms with E-state index in [2.05, 4.69) is 20.6 Å². The third-order valence-corrected chi connectivity index (χ3v) is 4.33. The molecule has 1 aromatic carbocycles. The van der Waals surface area contributed by atoms with Crippen molar-refractivity contribution in [1.29, 1.82) is 0 Å². The number of benzene rings is 1. The molecule has 8 nitrogen and oxygen atoms in total. The fraction of sp³-hybridized carbons (Fsp3) is 0.200. The van der Waals surface area contributed by atoms with Crippen molar-refractivity contribution in [2.24, 2.45) is 7.05 Å². The Bertz CT molecular complexity index is 1090. The van der Waals surface area contributed by atoms with E-state index in [4.69, 9.17) is 0 Å². The summed E-state index contributed by atoms with van der Waals surface area (Å²) in [6.07, 6.45) is 5.42. The lowest BCUT2D eigenvalue weighted by Gasteiger charge is -2.03. The molecular weight excluding hydrogens is 354 g/mol. The van der Waals surface area contributed by atoms with Crippen LogP contribution in [0.4, 0.5) is 5.82 Å². The zero-order valence-corrected chi connectivity index (χ0v) is 15.8. The molecule has 1 N–H and O–H groups in total. The first-order valence-electron chi connectivity index (χ1n) is 8.97. The van der Waals surface area contributed by atoms with Crippen molar-refractivity contribution in [2.75, 3.05) is 5.32 Å². The number of rotatable bonds is 6. The summed E-state index contributed by atoms with van der Waals surface area (Å²) >= 11 is 0. The van der Waals surface area contributed by atoms with Crippen LogP contribution in [0, 0.1) is 6.92 Å². The Labute approximate surface area is 162 Å². The van der Waals surface area contributed by atoms with E-state index in [9.17, 15) is 4.79 Å². The van der Waals surface area contributed by atoms with Crippen LogP contribution in [-0.2, 0) is 24.9 Å². The smallest absolute Gasteiger partial charge is 0.247 e. The Hall–Kier alpha value is -3.68. The van der Waals surface area contributed by atoms with Gasteiger partial charge in [-0.2, -0.15) is 15.3 Å². The number of carbonyl (C=O) groups is 1. The Balaban J connectivity index is 1.37. The summed E-state index contributed by atoms with van der Waals surface area (Å²) in [4.78, 5) is 12.3. The second kappa shape index (κ2) is 7.51. The minimum atomic E-state index is -0.180. The summed E-state index contributed by atoms with van der Waals surface area (Å²) < 4.78 is 5.20. The fourth-order valence-corrected chi connectivity index (χ4v) is 3.08. The summed E-state index contributed by atoms with van der Waals surface area (Å²) in [5.41, 5.74) is 3.97. The van der Waals surface area contributed by atoms with Crippen LogP contribution in [0.15, 0.2) is 61.1 Å². The third-order valence-electron chi connectivity index (χ3n) is 4.33. The summed E-state index contributed by atoms with van der Waals surface area (Å²) in [5.74, 6) is 0.344. The molecule has 0 atom stereocenters. The Morgan fingerprint density at radius 2 is 1.93 bits per heavy atom. The number of aromatic nitrogens is 6. The lowest BCUT2D eigenvalue weighted by molar-refractivity contribution is -0.116. The molecule has 4 rings (SSSR count). The average Bonchev–Trinajstić information content (AvgIpc) is 3.37. The van der Waals surface area contributed by atoms with Gasteiger partial charge in [-0.15, -0.1) is 0 Å². The third kappa shape index (κ3) is 4.01. The lowest BCUT2D eigenvalue weighted by Crippen LogP contribution is -2.19. The molecule has 0 aliphatic heterocycles. The van der Waals surface area contributed by atoms with Gasteiger partial charge in [0.2, 0.25) is 5.91 Å². The van der Waals surface area contributed by atoms with Crippen molar-refractivity contribution in [2.45, 2.75) is 20.0 Å². The predicted molar refractivity (Wildman–Crippen MR) is 106 cm³/mol. The van der Waals surface area contributed by atoms with Crippen LogP contribution in [0.3, 0.4) is 0 Å². The average molecular weight is 375 g/mol. The van der Waals surface area contributed by atoms with Crippen LogP contribution in [0.5, 0.6) is 0 Å². The molecule has 8 heteroatoms. The zero-order chi connectivity index (χ0) is 19.5. The highest BCUT2D eigenvalue weighted by Gasteiger charge is 2.11. The number of hydrogen-bond donors (Lipinski definition) is 1. The van der Waals surface area contributed by atoms with Gasteiger partial charge >= 0.3 is 0 Å². The Morgan fingerprint density at radius 3 is 2.68 bits per heavy atom. The van der Waals surface area contributed by atoms with Crippen molar-refractivity contribution in [3.05, 3.63) is 72.3 Å². The topological polar surface area (TPSA) is 82.6 Å². The van der Waals surface area contributed by atoms with E-state index in [1.807, 2.05) is 62.8 Å². The van der Waals surface area contributed by atoms with E-state index in [0.717, 1.165) is 22.5 Å². The van der Waals surface area contributed by atoms with E-state index in [1.54, 1.807) is 26.3 Å². The van der Waals surface area contributed by atoms with Gasteiger partial charge in [0.25, 0.3) is 0 Å². The standard InChI is InChI=1S/C20H21N7O/c1-15-10-18(25(2)23-15)17-11-21-27(13-17)14-20(28)22-19-8-9-26(24-19)12-16-6-4-3-5-7-16/h3-11,13H,12,14H2,1-2H3,(H,22,24,28). The maximum atomic E-state index is 12.3. The zero-order valence-electron chi connectivity index (χ0n) is 15.8. The number of hydrogen-bond acceptors (Lipinski definition) is 4. The maximum absolute atomic E-state index is 12.3. The van der Waals surface area contributed by atoms with Gasteiger partial charge in [0.1, 0.15) is 6.54 Å². The second-order valence-corrected chi connectivity index (χ2v) is 6.65. The largest absolute Gasteiger partial charge is 0.308 e. The Kier molecular flexibility index (Phi) is 4.76. The van der Waals surface area contributed by atoms with Crippen LogP contribution in [0.25, 0.3) is 11.3 Å². The lowest BCUT2D eigenvalue weighted by atomic mass is 10.2. The number of aryl methyl sites for hydroxylation is 2. The molecule has 28 heavy (non-hydrogen) atoms. The van der Waals surface area contributed by atoms with Gasteiger partial charge in [-0.25, -0.2) is 0 Å². The molecule has 0 aliphatic carbocycles. The summed E-state index contributed by atoms with van der Waals surface area (Å²) in [7, 11) is 1.89. The Morgan fingerprint density at radius 1 is 1.11 bits per heavy atom. The quantitative estimate of drug-likeness (QED) is 0.561. The van der Waals surface area contributed by atoms with Gasteiger partial charge in [-0.3, -0.25) is 18.8 Å². The minimum Gasteiger partial charge on any atom is -0.308 e. The van der Waals surface area contributed by atoms with Crippen LogP contribution in [0.1, 0.15) is 11.3 Å². The van der Waals surface area contributed by atoms with E-state index in [1.165, 1.54) is 0 Å². The minimum absolute atomic E-state index is 0.113. The maximum Gasteiger partial charge on any atom is 0.247 e. The van der Waals surface area contributed by atoms with Crippen molar-refractivity contribution in [3.63, 3.8) is 0 Å². The van der Waals surface area contributed by atoms with Crippen molar-refractivity contribution < 1.29 is 4.79 Å². The number of amides is 1. The number of carbonyl (C=O) groups excluding carboxylic acids is 1. The number of nitrogens with one attached hydrogen (secondary N) is 1. The van der Waals surface area contributed by atoms with Gasteiger partial charge in [-0.1, -0.05) is 30.3 Å².